The number of nitrogens with one attached hydrogen (secondary N) is 1. The van der Waals surface area contributed by atoms with E-state index in [1.54, 1.807) is 26.0 Å². The van der Waals surface area contributed by atoms with Gasteiger partial charge in [-0.05, 0) is 45.4 Å². The maximum absolute atomic E-state index is 12.5. The van der Waals surface area contributed by atoms with Crippen LogP contribution in [0, 0.1) is 13.8 Å². The number of aryl methyl sites for hydroxylation is 2. The number of hydrogen-bond acceptors (Lipinski definition) is 10. The van der Waals surface area contributed by atoms with Gasteiger partial charge < -0.3 is 15.2 Å². The van der Waals surface area contributed by atoms with Gasteiger partial charge in [0.25, 0.3) is 0 Å². The van der Waals surface area contributed by atoms with Crippen LogP contribution < -0.4 is 10.5 Å². The summed E-state index contributed by atoms with van der Waals surface area (Å²) >= 11 is 1.11. The van der Waals surface area contributed by atoms with Crippen molar-refractivity contribution in [3.05, 3.63) is 46.1 Å². The summed E-state index contributed by atoms with van der Waals surface area (Å²) in [7, 11) is -3.90. The second-order valence-corrected chi connectivity index (χ2v) is 9.96. The van der Waals surface area contributed by atoms with Crippen LogP contribution >= 0.6 is 11.3 Å². The molecule has 33 heavy (non-hydrogen) atoms. The van der Waals surface area contributed by atoms with Crippen LogP contribution in [0.3, 0.4) is 0 Å². The summed E-state index contributed by atoms with van der Waals surface area (Å²) in [6.45, 7) is 6.57. The highest BCUT2D eigenvalue weighted by atomic mass is 32.2. The zero-order valence-electron chi connectivity index (χ0n) is 18.5. The van der Waals surface area contributed by atoms with Gasteiger partial charge in [-0.15, -0.1) is 11.3 Å². The molecular weight excluding hydrogens is 468 g/mol. The average Bonchev–Trinajstić information content (AvgIpc) is 3.09. The molecule has 12 heteroatoms. The van der Waals surface area contributed by atoms with Crippen molar-refractivity contribution in [1.29, 1.82) is 0 Å². The number of nitrogens with two attached hydrogens (primary N) is 1. The second kappa shape index (κ2) is 9.81. The van der Waals surface area contributed by atoms with Crippen LogP contribution in [0.5, 0.6) is 0 Å². The smallest absolute Gasteiger partial charge is 0.348 e. The Morgan fingerprint density at radius 2 is 1.82 bits per heavy atom. The monoisotopic (exact) mass is 492 g/mol. The Morgan fingerprint density at radius 3 is 2.45 bits per heavy atom. The third kappa shape index (κ3) is 5.46. The molecule has 0 saturated heterocycles. The van der Waals surface area contributed by atoms with E-state index in [1.807, 2.05) is 6.92 Å². The lowest BCUT2D eigenvalue weighted by molar-refractivity contribution is -0.146. The van der Waals surface area contributed by atoms with E-state index in [0.717, 1.165) is 16.9 Å². The molecule has 3 aromatic rings. The second-order valence-electron chi connectivity index (χ2n) is 7.25. The number of hydrogen-bond donors (Lipinski definition) is 2. The van der Waals surface area contributed by atoms with Crippen molar-refractivity contribution >= 4 is 49.3 Å². The fraction of sp³-hybridized carbons (Fsp3) is 0.333. The first-order valence-corrected chi connectivity index (χ1v) is 12.3. The molecule has 3 N–H and O–H groups in total. The summed E-state index contributed by atoms with van der Waals surface area (Å²) in [5, 5.41) is 0.539. The van der Waals surface area contributed by atoms with Crippen LogP contribution in [0.15, 0.2) is 29.2 Å². The highest BCUT2D eigenvalue weighted by Gasteiger charge is 2.24. The number of sulfonamides is 1. The topological polar surface area (TPSA) is 151 Å². The Labute approximate surface area is 195 Å². The van der Waals surface area contributed by atoms with E-state index in [0.29, 0.717) is 20.7 Å². The van der Waals surface area contributed by atoms with Gasteiger partial charge in [0.05, 0.1) is 16.9 Å². The molecule has 0 bridgehead atoms. The summed E-state index contributed by atoms with van der Waals surface area (Å²) < 4.78 is 37.4. The zero-order valence-corrected chi connectivity index (χ0v) is 20.2. The van der Waals surface area contributed by atoms with Gasteiger partial charge in [-0.2, -0.15) is 4.72 Å². The van der Waals surface area contributed by atoms with Crippen molar-refractivity contribution in [3.8, 4) is 0 Å². The fourth-order valence-electron chi connectivity index (χ4n) is 3.00. The Hall–Kier alpha value is -3.09. The van der Waals surface area contributed by atoms with Crippen molar-refractivity contribution in [1.82, 2.24) is 14.7 Å². The van der Waals surface area contributed by atoms with Crippen LogP contribution in [-0.4, -0.2) is 43.0 Å². The predicted octanol–water partition coefficient (Wildman–Crippen LogP) is 2.48. The molecule has 0 amide bonds. The third-order valence-electron chi connectivity index (χ3n) is 4.69. The van der Waals surface area contributed by atoms with Crippen LogP contribution in [0.2, 0.25) is 0 Å². The molecule has 1 atom stereocenters. The third-order valence-corrected chi connectivity index (χ3v) is 7.41. The Balaban J connectivity index is 1.71. The van der Waals surface area contributed by atoms with Gasteiger partial charge in [0.1, 0.15) is 21.6 Å². The SMILES string of the molecule is CCOC(=O)c1sc2nc(COC(=O)[C@H](C)NS(=O)(=O)c3ccc(C)cc3)nc(N)c2c1C. The van der Waals surface area contributed by atoms with Gasteiger partial charge in [-0.25, -0.2) is 23.2 Å². The van der Waals surface area contributed by atoms with Gasteiger partial charge in [0.15, 0.2) is 12.4 Å². The molecule has 0 spiro atoms. The zero-order chi connectivity index (χ0) is 24.3. The number of benzene rings is 1. The lowest BCUT2D eigenvalue weighted by Gasteiger charge is -2.14. The average molecular weight is 493 g/mol. The van der Waals surface area contributed by atoms with Crippen molar-refractivity contribution in [3.63, 3.8) is 0 Å². The summed E-state index contributed by atoms with van der Waals surface area (Å²) in [6, 6.07) is 5.09. The number of nitrogens with zero attached hydrogens (tertiary/aromatic N) is 2. The molecule has 176 valence electrons. The summed E-state index contributed by atoms with van der Waals surface area (Å²) in [4.78, 5) is 33.8. The van der Waals surface area contributed by atoms with Crippen molar-refractivity contribution in [2.75, 3.05) is 12.3 Å². The number of ether oxygens (including phenoxy) is 2. The lowest BCUT2D eigenvalue weighted by atomic mass is 10.2. The van der Waals surface area contributed by atoms with E-state index in [4.69, 9.17) is 15.2 Å². The molecule has 0 unspecified atom stereocenters. The molecule has 2 heterocycles. The summed E-state index contributed by atoms with van der Waals surface area (Å²) in [6.07, 6.45) is 0. The summed E-state index contributed by atoms with van der Waals surface area (Å²) in [5.74, 6) is -1.01. The van der Waals surface area contributed by atoms with E-state index >= 15 is 0 Å². The molecule has 0 aliphatic carbocycles. The largest absolute Gasteiger partial charge is 0.462 e. The lowest BCUT2D eigenvalue weighted by Crippen LogP contribution is -2.39. The molecule has 0 saturated carbocycles. The molecule has 0 aliphatic heterocycles. The maximum Gasteiger partial charge on any atom is 0.348 e. The molecule has 0 radical (unpaired) electrons. The van der Waals surface area contributed by atoms with E-state index in [-0.39, 0.29) is 29.8 Å². The molecule has 0 fully saturated rings. The first-order chi connectivity index (χ1) is 15.5. The number of thiophene rings is 1. The highest BCUT2D eigenvalue weighted by molar-refractivity contribution is 7.89. The maximum atomic E-state index is 12.5. The number of rotatable bonds is 8. The van der Waals surface area contributed by atoms with E-state index in [9.17, 15) is 18.0 Å². The van der Waals surface area contributed by atoms with E-state index in [1.165, 1.54) is 19.1 Å². The van der Waals surface area contributed by atoms with Crippen molar-refractivity contribution < 1.29 is 27.5 Å². The van der Waals surface area contributed by atoms with Gasteiger partial charge in [-0.3, -0.25) is 4.79 Å². The van der Waals surface area contributed by atoms with Crippen LogP contribution in [-0.2, 0) is 30.9 Å². The molecule has 2 aromatic heterocycles. The van der Waals surface area contributed by atoms with Crippen molar-refractivity contribution in [2.24, 2.45) is 0 Å². The predicted molar refractivity (Wildman–Crippen MR) is 123 cm³/mol. The minimum Gasteiger partial charge on any atom is -0.462 e. The number of fused-ring (bicyclic) bond motifs is 1. The van der Waals surface area contributed by atoms with Crippen LogP contribution in [0.25, 0.3) is 10.2 Å². The highest BCUT2D eigenvalue weighted by Crippen LogP contribution is 2.33. The number of carbonyl (C=O) groups excluding carboxylic acids is 2. The molecule has 0 aliphatic rings. The number of carbonyl (C=O) groups is 2. The Kier molecular flexibility index (Phi) is 7.30. The van der Waals surface area contributed by atoms with Gasteiger partial charge in [0, 0.05) is 0 Å². The molecule has 3 rings (SSSR count). The number of nitrogen functional groups attached to an aromatic ring is 1. The van der Waals surface area contributed by atoms with Crippen LogP contribution in [0.1, 0.15) is 40.5 Å². The summed E-state index contributed by atoms with van der Waals surface area (Å²) in [5.41, 5.74) is 7.57. The molecule has 10 nitrogen and oxygen atoms in total. The Bertz CT molecular complexity index is 1300. The number of anilines is 1. The van der Waals surface area contributed by atoms with Gasteiger partial charge in [-0.1, -0.05) is 17.7 Å². The normalized spacial score (nSPS) is 12.5. The first kappa shape index (κ1) is 24.6. The number of esters is 2. The van der Waals surface area contributed by atoms with E-state index < -0.39 is 28.0 Å². The number of aromatic nitrogens is 2. The minimum absolute atomic E-state index is 0.0415. The van der Waals surface area contributed by atoms with Gasteiger partial charge >= 0.3 is 11.9 Å². The Morgan fingerprint density at radius 1 is 1.15 bits per heavy atom. The van der Waals surface area contributed by atoms with Crippen LogP contribution in [0.4, 0.5) is 5.82 Å². The van der Waals surface area contributed by atoms with E-state index in [2.05, 4.69) is 14.7 Å². The standard InChI is InChI=1S/C21H24N4O6S2/c1-5-30-21(27)17-12(3)16-18(22)23-15(24-19(16)32-17)10-31-20(26)13(4)25-33(28,29)14-8-6-11(2)7-9-14/h6-9,13,25H,5,10H2,1-4H3,(H2,22,23,24)/t13-/m0/s1. The minimum atomic E-state index is -3.90. The quantitative estimate of drug-likeness (QED) is 0.452. The fourth-order valence-corrected chi connectivity index (χ4v) is 5.29. The van der Waals surface area contributed by atoms with Crippen molar-refractivity contribution in [2.45, 2.75) is 45.2 Å². The van der Waals surface area contributed by atoms with Gasteiger partial charge in [0.2, 0.25) is 10.0 Å². The molecular formula is C21H24N4O6S2. The first-order valence-electron chi connectivity index (χ1n) is 10.0. The molecule has 1 aromatic carbocycles.